The maximum Gasteiger partial charge on any atom is 0.172 e. The van der Waals surface area contributed by atoms with Crippen LogP contribution in [0.3, 0.4) is 0 Å². The first-order valence-electron chi connectivity index (χ1n) is 10.5. The number of hydrogen-bond donors (Lipinski definition) is 3. The number of allylic oxidation sites excluding steroid dienone is 1. The van der Waals surface area contributed by atoms with Gasteiger partial charge in [0.05, 0.1) is 18.2 Å². The molecular weight excluding hydrogens is 402 g/mol. The average molecular weight is 428 g/mol. The van der Waals surface area contributed by atoms with Gasteiger partial charge >= 0.3 is 0 Å². The highest BCUT2D eigenvalue weighted by atomic mass is 16.5. The van der Waals surface area contributed by atoms with Crippen LogP contribution in [0.5, 0.6) is 23.0 Å². The van der Waals surface area contributed by atoms with Gasteiger partial charge in [-0.15, -0.1) is 0 Å². The molecule has 5 heteroatoms. The van der Waals surface area contributed by atoms with Crippen LogP contribution >= 0.6 is 0 Å². The topological polar surface area (TPSA) is 71.0 Å². The molecule has 5 nitrogen and oxygen atoms in total. The molecule has 3 aromatic carbocycles. The second-order valence-corrected chi connectivity index (χ2v) is 8.78. The Morgan fingerprint density at radius 1 is 0.938 bits per heavy atom. The van der Waals surface area contributed by atoms with Crippen molar-refractivity contribution in [1.82, 2.24) is 0 Å². The van der Waals surface area contributed by atoms with Gasteiger partial charge < -0.3 is 25.0 Å². The van der Waals surface area contributed by atoms with E-state index in [2.05, 4.69) is 38.2 Å². The minimum absolute atomic E-state index is 0.0657. The minimum Gasteiger partial charge on any atom is -0.508 e. The zero-order valence-corrected chi connectivity index (χ0v) is 18.5. The molecule has 0 amide bonds. The molecule has 162 valence electrons. The fraction of sp³-hybridized carbons (Fsp3) is 0.185. The first-order valence-corrected chi connectivity index (χ1v) is 10.5. The van der Waals surface area contributed by atoms with Crippen LogP contribution in [-0.2, 0) is 0 Å². The standard InChI is InChI=1S/C27H25NO4/c1-15-14-27(2,3)28-19-10-9-18-24(23(15)19)22(13-16-5-7-17(29)8-6-16)32-21-12-11-20(30)26(31-4)25(18)21/h5-14,28-30H,1-4H3. The van der Waals surface area contributed by atoms with E-state index in [9.17, 15) is 10.2 Å². The maximum atomic E-state index is 10.4. The molecule has 0 radical (unpaired) electrons. The highest BCUT2D eigenvalue weighted by molar-refractivity contribution is 6.02. The van der Waals surface area contributed by atoms with Gasteiger partial charge in [-0.05, 0) is 68.3 Å². The van der Waals surface area contributed by atoms with Crippen molar-refractivity contribution in [3.63, 3.8) is 0 Å². The van der Waals surface area contributed by atoms with Crippen LogP contribution < -0.4 is 14.8 Å². The zero-order valence-electron chi connectivity index (χ0n) is 18.5. The van der Waals surface area contributed by atoms with Crippen molar-refractivity contribution in [2.45, 2.75) is 26.3 Å². The van der Waals surface area contributed by atoms with E-state index in [0.29, 0.717) is 17.3 Å². The molecule has 0 saturated carbocycles. The molecule has 2 heterocycles. The van der Waals surface area contributed by atoms with Crippen molar-refractivity contribution in [3.8, 4) is 34.1 Å². The summed E-state index contributed by atoms with van der Waals surface area (Å²) in [5.41, 5.74) is 6.55. The van der Waals surface area contributed by atoms with Crippen LogP contribution in [0.25, 0.3) is 28.5 Å². The summed E-state index contributed by atoms with van der Waals surface area (Å²) in [7, 11) is 1.55. The van der Waals surface area contributed by atoms with Crippen LogP contribution in [0.15, 0.2) is 54.6 Å². The number of aromatic hydroxyl groups is 2. The Morgan fingerprint density at radius 2 is 1.69 bits per heavy atom. The van der Waals surface area contributed by atoms with Gasteiger partial charge in [-0.1, -0.05) is 24.3 Å². The summed E-state index contributed by atoms with van der Waals surface area (Å²) in [4.78, 5) is 0. The smallest absolute Gasteiger partial charge is 0.172 e. The molecule has 2 aliphatic heterocycles. The fourth-order valence-corrected chi connectivity index (χ4v) is 4.67. The largest absolute Gasteiger partial charge is 0.508 e. The van der Waals surface area contributed by atoms with Gasteiger partial charge in [0, 0.05) is 22.4 Å². The van der Waals surface area contributed by atoms with E-state index >= 15 is 0 Å². The molecule has 3 N–H and O–H groups in total. The summed E-state index contributed by atoms with van der Waals surface area (Å²) in [6, 6.07) is 14.4. The van der Waals surface area contributed by atoms with E-state index in [4.69, 9.17) is 9.47 Å². The van der Waals surface area contributed by atoms with E-state index in [1.54, 1.807) is 31.4 Å². The first kappa shape index (κ1) is 20.1. The molecule has 5 rings (SSSR count). The molecule has 0 aliphatic carbocycles. The van der Waals surface area contributed by atoms with Crippen LogP contribution in [0.4, 0.5) is 5.69 Å². The van der Waals surface area contributed by atoms with Gasteiger partial charge in [0.25, 0.3) is 0 Å². The Balaban J connectivity index is 1.83. The molecule has 0 aromatic heterocycles. The van der Waals surface area contributed by atoms with Gasteiger partial charge in [-0.3, -0.25) is 0 Å². The Hall–Kier alpha value is -3.86. The van der Waals surface area contributed by atoms with Crippen LogP contribution in [0, 0.1) is 0 Å². The molecule has 3 aromatic rings. The summed E-state index contributed by atoms with van der Waals surface area (Å²) in [5, 5.41) is 23.7. The van der Waals surface area contributed by atoms with Gasteiger partial charge in [-0.2, -0.15) is 0 Å². The quantitative estimate of drug-likeness (QED) is 0.450. The summed E-state index contributed by atoms with van der Waals surface area (Å²) in [6.45, 7) is 6.38. The number of ether oxygens (including phenoxy) is 2. The van der Waals surface area contributed by atoms with Crippen molar-refractivity contribution in [2.75, 3.05) is 12.4 Å². The highest BCUT2D eigenvalue weighted by Gasteiger charge is 2.33. The molecule has 0 bridgehead atoms. The van der Waals surface area contributed by atoms with Crippen LogP contribution in [-0.4, -0.2) is 22.9 Å². The van der Waals surface area contributed by atoms with Crippen molar-refractivity contribution < 1.29 is 19.7 Å². The van der Waals surface area contributed by atoms with E-state index in [1.807, 2.05) is 24.3 Å². The minimum atomic E-state index is -0.171. The third-order valence-corrected chi connectivity index (χ3v) is 5.86. The fourth-order valence-electron chi connectivity index (χ4n) is 4.67. The highest BCUT2D eigenvalue weighted by Crippen LogP contribution is 2.54. The summed E-state index contributed by atoms with van der Waals surface area (Å²) in [5.74, 6) is 1.97. The number of rotatable bonds is 2. The maximum absolute atomic E-state index is 10.4. The zero-order chi connectivity index (χ0) is 22.6. The van der Waals surface area contributed by atoms with E-state index in [0.717, 1.165) is 39.1 Å². The van der Waals surface area contributed by atoms with Crippen LogP contribution in [0.1, 0.15) is 37.5 Å². The number of phenolic OH excluding ortho intramolecular Hbond substituents is 2. The molecule has 32 heavy (non-hydrogen) atoms. The lowest BCUT2D eigenvalue weighted by Crippen LogP contribution is -2.32. The Bertz CT molecular complexity index is 1300. The molecule has 0 saturated heterocycles. The predicted molar refractivity (Wildman–Crippen MR) is 128 cm³/mol. The Morgan fingerprint density at radius 3 is 2.41 bits per heavy atom. The predicted octanol–water partition coefficient (Wildman–Crippen LogP) is 6.27. The van der Waals surface area contributed by atoms with Gasteiger partial charge in [0.15, 0.2) is 11.5 Å². The third-order valence-electron chi connectivity index (χ3n) is 5.86. The number of phenols is 2. The van der Waals surface area contributed by atoms with E-state index in [1.165, 1.54) is 0 Å². The third kappa shape index (κ3) is 3.17. The molecule has 0 fully saturated rings. The van der Waals surface area contributed by atoms with Crippen molar-refractivity contribution in [3.05, 3.63) is 71.3 Å². The SMILES string of the molecule is COc1c(O)ccc2c1-c1ccc3c(c1C(=Cc1ccc(O)cc1)O2)C(C)=CC(C)(C)N3. The lowest BCUT2D eigenvalue weighted by molar-refractivity contribution is 0.371. The lowest BCUT2D eigenvalue weighted by Gasteiger charge is -2.35. The number of hydrogen-bond acceptors (Lipinski definition) is 5. The van der Waals surface area contributed by atoms with Crippen molar-refractivity contribution >= 4 is 23.1 Å². The first-order chi connectivity index (χ1) is 15.3. The Kier molecular flexibility index (Phi) is 4.45. The molecule has 0 unspecified atom stereocenters. The summed E-state index contributed by atoms with van der Waals surface area (Å²) >= 11 is 0. The second kappa shape index (κ2) is 7.09. The monoisotopic (exact) mass is 427 g/mol. The average Bonchev–Trinajstić information content (AvgIpc) is 2.74. The van der Waals surface area contributed by atoms with Gasteiger partial charge in [0.2, 0.25) is 0 Å². The second-order valence-electron chi connectivity index (χ2n) is 8.78. The van der Waals surface area contributed by atoms with Crippen molar-refractivity contribution in [1.29, 1.82) is 0 Å². The number of nitrogens with one attached hydrogen (secondary N) is 1. The van der Waals surface area contributed by atoms with Gasteiger partial charge in [0.1, 0.15) is 17.3 Å². The Labute approximate surface area is 187 Å². The van der Waals surface area contributed by atoms with Gasteiger partial charge in [-0.25, -0.2) is 0 Å². The molecule has 0 spiro atoms. The summed E-state index contributed by atoms with van der Waals surface area (Å²) < 4.78 is 12.0. The number of benzene rings is 3. The molecule has 2 aliphatic rings. The van der Waals surface area contributed by atoms with E-state index in [-0.39, 0.29) is 17.0 Å². The number of methoxy groups -OCH3 is 1. The summed E-state index contributed by atoms with van der Waals surface area (Å²) in [6.07, 6.45) is 4.18. The lowest BCUT2D eigenvalue weighted by atomic mass is 9.83. The molecular formula is C27H25NO4. The number of anilines is 1. The number of fused-ring (bicyclic) bond motifs is 5. The molecule has 0 atom stereocenters. The normalized spacial score (nSPS) is 16.8. The van der Waals surface area contributed by atoms with E-state index < -0.39 is 0 Å². The van der Waals surface area contributed by atoms with Crippen molar-refractivity contribution in [2.24, 2.45) is 0 Å². The van der Waals surface area contributed by atoms with Crippen LogP contribution in [0.2, 0.25) is 0 Å².